The van der Waals surface area contributed by atoms with Crippen LogP contribution >= 0.6 is 11.6 Å². The van der Waals surface area contributed by atoms with Crippen LogP contribution in [-0.2, 0) is 6.42 Å². The molecule has 0 spiro atoms. The minimum absolute atomic E-state index is 0.0248. The monoisotopic (exact) mass is 479 g/mol. The van der Waals surface area contributed by atoms with Gasteiger partial charge in [0, 0.05) is 12.6 Å². The quantitative estimate of drug-likeness (QED) is 0.419. The number of alkyl halides is 6. The molecule has 2 aromatic rings. The molecule has 2 aromatic carbocycles. The summed E-state index contributed by atoms with van der Waals surface area (Å²) in [6, 6.07) is 7.01. The van der Waals surface area contributed by atoms with Gasteiger partial charge in [0.2, 0.25) is 0 Å². The standard InChI is InChI=1S/C23H21ClF7N/c1-13-10-16(12-19(24)21(13)25)18(23(29,30)31)6-3-14-2-5-17-15(11-14)4-7-20(17)32-9-8-22(26,27)28/h2-3,5-6,10-12,18,20,32H,4,7-9H2,1H3/b6-3+. The van der Waals surface area contributed by atoms with E-state index in [0.717, 1.165) is 29.3 Å². The number of aryl methyl sites for hydroxylation is 2. The van der Waals surface area contributed by atoms with Crippen LogP contribution in [-0.4, -0.2) is 18.9 Å². The summed E-state index contributed by atoms with van der Waals surface area (Å²) in [6.45, 7) is 1.16. The molecule has 9 heteroatoms. The molecule has 0 radical (unpaired) electrons. The summed E-state index contributed by atoms with van der Waals surface area (Å²) in [7, 11) is 0. The molecule has 1 N–H and O–H groups in total. The van der Waals surface area contributed by atoms with E-state index < -0.39 is 30.5 Å². The Morgan fingerprint density at radius 3 is 2.47 bits per heavy atom. The summed E-state index contributed by atoms with van der Waals surface area (Å²) in [5.41, 5.74) is 2.15. The maximum absolute atomic E-state index is 13.7. The van der Waals surface area contributed by atoms with Crippen molar-refractivity contribution in [1.82, 2.24) is 5.32 Å². The molecule has 0 heterocycles. The number of hydrogen-bond acceptors (Lipinski definition) is 1. The zero-order chi connectivity index (χ0) is 23.7. The predicted octanol–water partition coefficient (Wildman–Crippen LogP) is 7.68. The second-order valence-corrected chi connectivity index (χ2v) is 8.29. The molecular weight excluding hydrogens is 459 g/mol. The Bertz CT molecular complexity index is 972. The second-order valence-electron chi connectivity index (χ2n) is 7.88. The van der Waals surface area contributed by atoms with E-state index in [1.807, 2.05) is 0 Å². The van der Waals surface area contributed by atoms with Gasteiger partial charge in [-0.1, -0.05) is 48.0 Å². The Kier molecular flexibility index (Phi) is 7.25. The third-order valence-electron chi connectivity index (χ3n) is 5.47. The molecule has 1 nitrogen and oxygen atoms in total. The first-order chi connectivity index (χ1) is 14.8. The van der Waals surface area contributed by atoms with Gasteiger partial charge in [-0.25, -0.2) is 4.39 Å². The van der Waals surface area contributed by atoms with Gasteiger partial charge in [-0.05, 0) is 53.6 Å². The Hall–Kier alpha value is -2.06. The fraction of sp³-hybridized carbons (Fsp3) is 0.391. The first-order valence-electron chi connectivity index (χ1n) is 9.98. The van der Waals surface area contributed by atoms with Crippen LogP contribution in [0.1, 0.15) is 52.6 Å². The van der Waals surface area contributed by atoms with Gasteiger partial charge in [0.25, 0.3) is 0 Å². The summed E-state index contributed by atoms with van der Waals surface area (Å²) in [5, 5.41) is 2.52. The van der Waals surface area contributed by atoms with E-state index in [9.17, 15) is 30.7 Å². The minimum Gasteiger partial charge on any atom is -0.310 e. The Morgan fingerprint density at radius 2 is 1.84 bits per heavy atom. The highest BCUT2D eigenvalue weighted by Gasteiger charge is 2.39. The van der Waals surface area contributed by atoms with E-state index in [2.05, 4.69) is 5.32 Å². The van der Waals surface area contributed by atoms with Crippen molar-refractivity contribution in [3.8, 4) is 0 Å². The number of fused-ring (bicyclic) bond motifs is 1. The van der Waals surface area contributed by atoms with Gasteiger partial charge in [-0.2, -0.15) is 26.3 Å². The minimum atomic E-state index is -4.60. The molecule has 2 unspecified atom stereocenters. The maximum atomic E-state index is 13.7. The van der Waals surface area contributed by atoms with E-state index >= 15 is 0 Å². The average Bonchev–Trinajstić information content (AvgIpc) is 3.06. The number of nitrogens with one attached hydrogen (secondary N) is 1. The largest absolute Gasteiger partial charge is 0.399 e. The smallest absolute Gasteiger partial charge is 0.310 e. The van der Waals surface area contributed by atoms with Crippen LogP contribution in [0.2, 0.25) is 5.02 Å². The Labute approximate surface area is 186 Å². The average molecular weight is 480 g/mol. The van der Waals surface area contributed by atoms with Crippen molar-refractivity contribution in [3.63, 3.8) is 0 Å². The van der Waals surface area contributed by atoms with Gasteiger partial charge >= 0.3 is 12.4 Å². The first kappa shape index (κ1) is 24.6. The summed E-state index contributed by atoms with van der Waals surface area (Å²) >= 11 is 5.73. The molecule has 0 fully saturated rings. The molecule has 1 aliphatic carbocycles. The lowest BCUT2D eigenvalue weighted by atomic mass is 9.95. The summed E-state index contributed by atoms with van der Waals surface area (Å²) in [5.74, 6) is -2.72. The van der Waals surface area contributed by atoms with E-state index in [-0.39, 0.29) is 28.7 Å². The molecule has 0 aromatic heterocycles. The topological polar surface area (TPSA) is 12.0 Å². The molecule has 0 saturated heterocycles. The van der Waals surface area contributed by atoms with Crippen molar-refractivity contribution in [2.45, 2.75) is 50.5 Å². The third kappa shape index (κ3) is 6.04. The molecule has 32 heavy (non-hydrogen) atoms. The zero-order valence-corrected chi connectivity index (χ0v) is 17.8. The molecule has 2 atom stereocenters. The van der Waals surface area contributed by atoms with E-state index in [4.69, 9.17) is 11.6 Å². The number of benzene rings is 2. The molecule has 0 saturated carbocycles. The number of halogens is 8. The molecule has 0 aliphatic heterocycles. The predicted molar refractivity (Wildman–Crippen MR) is 110 cm³/mol. The fourth-order valence-corrected chi connectivity index (χ4v) is 4.17. The molecule has 3 rings (SSSR count). The fourth-order valence-electron chi connectivity index (χ4n) is 3.89. The van der Waals surface area contributed by atoms with Gasteiger partial charge < -0.3 is 5.32 Å². The summed E-state index contributed by atoms with van der Waals surface area (Å²) in [4.78, 5) is 0. The summed E-state index contributed by atoms with van der Waals surface area (Å²) in [6.07, 6.45) is -6.17. The lowest BCUT2D eigenvalue weighted by Gasteiger charge is -2.18. The number of hydrogen-bond donors (Lipinski definition) is 1. The molecule has 0 bridgehead atoms. The SMILES string of the molecule is Cc1cc(C(/C=C/c2ccc3c(c2)CCC3NCCC(F)(F)F)C(F)(F)F)cc(Cl)c1F. The van der Waals surface area contributed by atoms with Crippen molar-refractivity contribution >= 4 is 17.7 Å². The number of allylic oxidation sites excluding steroid dienone is 1. The van der Waals surface area contributed by atoms with E-state index in [0.29, 0.717) is 18.4 Å². The third-order valence-corrected chi connectivity index (χ3v) is 5.74. The first-order valence-corrected chi connectivity index (χ1v) is 10.4. The van der Waals surface area contributed by atoms with Crippen LogP contribution in [0.3, 0.4) is 0 Å². The highest BCUT2D eigenvalue weighted by Crippen LogP contribution is 2.39. The molecule has 0 amide bonds. The second kappa shape index (κ2) is 9.43. The molecule has 174 valence electrons. The lowest BCUT2D eigenvalue weighted by Crippen LogP contribution is -2.24. The Morgan fingerprint density at radius 1 is 1.12 bits per heavy atom. The van der Waals surface area contributed by atoms with E-state index in [1.165, 1.54) is 13.0 Å². The van der Waals surface area contributed by atoms with Crippen LogP contribution < -0.4 is 5.32 Å². The normalized spacial score (nSPS) is 17.7. The van der Waals surface area contributed by atoms with Crippen LogP contribution in [0.25, 0.3) is 6.08 Å². The highest BCUT2D eigenvalue weighted by molar-refractivity contribution is 6.30. The maximum Gasteiger partial charge on any atom is 0.399 e. The van der Waals surface area contributed by atoms with Crippen LogP contribution in [0.5, 0.6) is 0 Å². The van der Waals surface area contributed by atoms with E-state index in [1.54, 1.807) is 18.2 Å². The lowest BCUT2D eigenvalue weighted by molar-refractivity contribution is -0.139. The van der Waals surface area contributed by atoms with Gasteiger partial charge in [0.1, 0.15) is 5.82 Å². The van der Waals surface area contributed by atoms with Crippen LogP contribution in [0, 0.1) is 12.7 Å². The highest BCUT2D eigenvalue weighted by atomic mass is 35.5. The van der Waals surface area contributed by atoms with Crippen molar-refractivity contribution in [1.29, 1.82) is 0 Å². The van der Waals surface area contributed by atoms with Crippen molar-refractivity contribution in [3.05, 3.63) is 75.1 Å². The summed E-state index contributed by atoms with van der Waals surface area (Å²) < 4.78 is 91.8. The van der Waals surface area contributed by atoms with Crippen molar-refractivity contribution < 1.29 is 30.7 Å². The van der Waals surface area contributed by atoms with Gasteiger partial charge in [-0.3, -0.25) is 0 Å². The molecule has 1 aliphatic rings. The van der Waals surface area contributed by atoms with Gasteiger partial charge in [0.05, 0.1) is 17.4 Å². The van der Waals surface area contributed by atoms with Crippen molar-refractivity contribution in [2.24, 2.45) is 0 Å². The van der Waals surface area contributed by atoms with Gasteiger partial charge in [-0.15, -0.1) is 0 Å². The van der Waals surface area contributed by atoms with Crippen LogP contribution in [0.15, 0.2) is 36.4 Å². The molecular formula is C23H21ClF7N. The Balaban J connectivity index is 1.78. The van der Waals surface area contributed by atoms with Crippen molar-refractivity contribution in [2.75, 3.05) is 6.54 Å². The van der Waals surface area contributed by atoms with Gasteiger partial charge in [0.15, 0.2) is 0 Å². The number of rotatable bonds is 6. The zero-order valence-electron chi connectivity index (χ0n) is 17.0. The van der Waals surface area contributed by atoms with Crippen LogP contribution in [0.4, 0.5) is 30.7 Å².